The van der Waals surface area contributed by atoms with Gasteiger partial charge in [0.2, 0.25) is 0 Å². The summed E-state index contributed by atoms with van der Waals surface area (Å²) < 4.78 is 19.0. The molecule has 2 aromatic rings. The maximum atomic E-state index is 10.8. The fraction of sp³-hybridized carbons (Fsp3) is 0.550. The van der Waals surface area contributed by atoms with Gasteiger partial charge in [-0.2, -0.15) is 0 Å². The smallest absolute Gasteiger partial charge is 0.414 e. The molecule has 1 fully saturated rings. The average Bonchev–Trinajstić information content (AvgIpc) is 3.18. The predicted octanol–water partition coefficient (Wildman–Crippen LogP) is 2.79. The van der Waals surface area contributed by atoms with Gasteiger partial charge < -0.3 is 29.6 Å². The summed E-state index contributed by atoms with van der Waals surface area (Å²) >= 11 is 0. The third-order valence-corrected chi connectivity index (χ3v) is 5.39. The molecule has 1 N–H and O–H groups in total. The standard InChI is InChI=1S/C20H26N4O5/c25-24(26)19-13-23-11-7-18(29-20(23)22-19)14-28-17-3-1-16(2-4-17)27-12-8-15-5-9-21-10-6-15/h1-4,13,15,18,21H,5-12,14H2. The van der Waals surface area contributed by atoms with E-state index in [2.05, 4.69) is 10.3 Å². The van der Waals surface area contributed by atoms with E-state index >= 15 is 0 Å². The Morgan fingerprint density at radius 1 is 1.17 bits per heavy atom. The Labute approximate surface area is 169 Å². The fourth-order valence-corrected chi connectivity index (χ4v) is 3.67. The van der Waals surface area contributed by atoms with E-state index in [9.17, 15) is 10.1 Å². The molecule has 1 aromatic heterocycles. The second-order valence-corrected chi connectivity index (χ2v) is 7.47. The number of rotatable bonds is 8. The lowest BCUT2D eigenvalue weighted by atomic mass is 9.95. The molecular weight excluding hydrogens is 376 g/mol. The van der Waals surface area contributed by atoms with Crippen LogP contribution in [0.15, 0.2) is 30.5 Å². The van der Waals surface area contributed by atoms with Gasteiger partial charge in [0.05, 0.1) is 6.61 Å². The van der Waals surface area contributed by atoms with Gasteiger partial charge in [-0.25, -0.2) is 0 Å². The summed E-state index contributed by atoms with van der Waals surface area (Å²) in [5, 5.41) is 14.2. The first-order valence-electron chi connectivity index (χ1n) is 10.1. The highest BCUT2D eigenvalue weighted by molar-refractivity contribution is 5.31. The second kappa shape index (κ2) is 9.13. The lowest BCUT2D eigenvalue weighted by Gasteiger charge is -2.22. The van der Waals surface area contributed by atoms with Crippen LogP contribution in [0.1, 0.15) is 25.7 Å². The third kappa shape index (κ3) is 5.17. The highest BCUT2D eigenvalue weighted by atomic mass is 16.6. The molecule has 1 atom stereocenters. The molecule has 9 nitrogen and oxygen atoms in total. The van der Waals surface area contributed by atoms with E-state index in [-0.39, 0.29) is 17.9 Å². The van der Waals surface area contributed by atoms with Crippen molar-refractivity contribution in [3.05, 3.63) is 40.6 Å². The lowest BCUT2D eigenvalue weighted by molar-refractivity contribution is -0.389. The average molecular weight is 402 g/mol. The Bertz CT molecular complexity index is 817. The summed E-state index contributed by atoms with van der Waals surface area (Å²) in [6.45, 7) is 3.94. The maximum absolute atomic E-state index is 10.8. The summed E-state index contributed by atoms with van der Waals surface area (Å²) in [5.41, 5.74) is 0. The van der Waals surface area contributed by atoms with Crippen molar-refractivity contribution in [1.82, 2.24) is 14.9 Å². The number of fused-ring (bicyclic) bond motifs is 1. The normalized spacial score (nSPS) is 19.2. The number of nitrogens with zero attached hydrogens (tertiary/aromatic N) is 3. The first-order valence-corrected chi connectivity index (χ1v) is 10.1. The Hall–Kier alpha value is -2.81. The summed E-state index contributed by atoms with van der Waals surface area (Å²) in [4.78, 5) is 14.2. The zero-order chi connectivity index (χ0) is 20.1. The first-order chi connectivity index (χ1) is 14.2. The summed E-state index contributed by atoms with van der Waals surface area (Å²) in [5.74, 6) is 2.14. The molecule has 4 rings (SSSR count). The van der Waals surface area contributed by atoms with E-state index in [0.717, 1.165) is 43.5 Å². The van der Waals surface area contributed by atoms with Gasteiger partial charge in [0.15, 0.2) is 0 Å². The minimum Gasteiger partial charge on any atom is -0.494 e. The van der Waals surface area contributed by atoms with Crippen molar-refractivity contribution >= 4 is 5.82 Å². The Kier molecular flexibility index (Phi) is 6.14. The Morgan fingerprint density at radius 2 is 1.90 bits per heavy atom. The minimum atomic E-state index is -0.518. The van der Waals surface area contributed by atoms with E-state index in [4.69, 9.17) is 14.2 Å². The first kappa shape index (κ1) is 19.5. The van der Waals surface area contributed by atoms with Crippen molar-refractivity contribution in [2.75, 3.05) is 26.3 Å². The van der Waals surface area contributed by atoms with Gasteiger partial charge in [-0.3, -0.25) is 4.57 Å². The molecule has 9 heteroatoms. The SMILES string of the molecule is O=[N+]([O-])c1cn2c(n1)OC(COc1ccc(OCCC3CCNCC3)cc1)CC2. The van der Waals surface area contributed by atoms with Crippen LogP contribution in [0.4, 0.5) is 5.82 Å². The highest BCUT2D eigenvalue weighted by Crippen LogP contribution is 2.25. The number of hydrogen-bond acceptors (Lipinski definition) is 7. The van der Waals surface area contributed by atoms with Crippen molar-refractivity contribution < 1.29 is 19.1 Å². The van der Waals surface area contributed by atoms with Crippen molar-refractivity contribution in [3.8, 4) is 17.5 Å². The molecule has 3 heterocycles. The largest absolute Gasteiger partial charge is 0.494 e. The van der Waals surface area contributed by atoms with Crippen molar-refractivity contribution in [3.63, 3.8) is 0 Å². The molecule has 0 amide bonds. The van der Waals surface area contributed by atoms with Gasteiger partial charge in [-0.05, 0) is 67.5 Å². The summed E-state index contributed by atoms with van der Waals surface area (Å²) in [6, 6.07) is 7.86. The summed E-state index contributed by atoms with van der Waals surface area (Å²) in [7, 11) is 0. The number of aromatic nitrogens is 2. The second-order valence-electron chi connectivity index (χ2n) is 7.47. The molecule has 0 bridgehead atoms. The number of nitrogens with one attached hydrogen (secondary N) is 1. The van der Waals surface area contributed by atoms with Crippen molar-refractivity contribution in [1.29, 1.82) is 0 Å². The van der Waals surface area contributed by atoms with Crippen LogP contribution in [-0.4, -0.2) is 46.9 Å². The monoisotopic (exact) mass is 402 g/mol. The zero-order valence-corrected chi connectivity index (χ0v) is 16.3. The van der Waals surface area contributed by atoms with Gasteiger partial charge in [-0.1, -0.05) is 0 Å². The van der Waals surface area contributed by atoms with Crippen LogP contribution in [0.25, 0.3) is 0 Å². The quantitative estimate of drug-likeness (QED) is 0.535. The molecule has 0 saturated carbocycles. The number of benzene rings is 1. The van der Waals surface area contributed by atoms with Crippen LogP contribution in [0.5, 0.6) is 17.5 Å². The van der Waals surface area contributed by atoms with Gasteiger partial charge in [0, 0.05) is 17.9 Å². The molecule has 1 saturated heterocycles. The van der Waals surface area contributed by atoms with Crippen LogP contribution in [0.3, 0.4) is 0 Å². The van der Waals surface area contributed by atoms with Crippen LogP contribution >= 0.6 is 0 Å². The van der Waals surface area contributed by atoms with Crippen LogP contribution in [-0.2, 0) is 6.54 Å². The van der Waals surface area contributed by atoms with E-state index in [0.29, 0.717) is 19.6 Å². The van der Waals surface area contributed by atoms with Crippen molar-refractivity contribution in [2.45, 2.75) is 38.3 Å². The number of piperidine rings is 1. The van der Waals surface area contributed by atoms with E-state index < -0.39 is 4.92 Å². The maximum Gasteiger partial charge on any atom is 0.414 e. The lowest BCUT2D eigenvalue weighted by Crippen LogP contribution is -2.31. The van der Waals surface area contributed by atoms with Gasteiger partial charge in [-0.15, -0.1) is 0 Å². The molecule has 0 spiro atoms. The molecule has 0 aliphatic carbocycles. The fourth-order valence-electron chi connectivity index (χ4n) is 3.67. The molecule has 1 unspecified atom stereocenters. The highest BCUT2D eigenvalue weighted by Gasteiger charge is 2.28. The molecule has 29 heavy (non-hydrogen) atoms. The number of aryl methyl sites for hydroxylation is 1. The van der Waals surface area contributed by atoms with Gasteiger partial charge in [0.25, 0.3) is 0 Å². The topological polar surface area (TPSA) is 101 Å². The molecule has 2 aliphatic rings. The minimum absolute atomic E-state index is 0.189. The Balaban J connectivity index is 1.20. The Morgan fingerprint density at radius 3 is 2.62 bits per heavy atom. The number of ether oxygens (including phenoxy) is 3. The molecular formula is C20H26N4O5. The van der Waals surface area contributed by atoms with Crippen LogP contribution < -0.4 is 19.5 Å². The van der Waals surface area contributed by atoms with E-state index in [1.54, 1.807) is 4.57 Å². The van der Waals surface area contributed by atoms with Gasteiger partial charge in [0.1, 0.15) is 30.4 Å². The zero-order valence-electron chi connectivity index (χ0n) is 16.3. The van der Waals surface area contributed by atoms with Gasteiger partial charge >= 0.3 is 11.8 Å². The molecule has 1 aromatic carbocycles. The third-order valence-electron chi connectivity index (χ3n) is 5.39. The van der Waals surface area contributed by atoms with E-state index in [1.807, 2.05) is 24.3 Å². The van der Waals surface area contributed by atoms with E-state index in [1.165, 1.54) is 19.0 Å². The molecule has 0 radical (unpaired) electrons. The van der Waals surface area contributed by atoms with Crippen LogP contribution in [0.2, 0.25) is 0 Å². The van der Waals surface area contributed by atoms with Crippen molar-refractivity contribution in [2.24, 2.45) is 5.92 Å². The number of imidazole rings is 1. The molecule has 2 aliphatic heterocycles. The van der Waals surface area contributed by atoms with Crippen LogP contribution in [0, 0.1) is 16.0 Å². The summed E-state index contributed by atoms with van der Waals surface area (Å²) in [6.07, 6.45) is 5.46. The number of nitro groups is 1. The predicted molar refractivity (Wildman–Crippen MR) is 106 cm³/mol. The molecule has 156 valence electrons. The number of hydrogen-bond donors (Lipinski definition) is 1.